The minimum absolute atomic E-state index is 0.102. The molecule has 0 aliphatic carbocycles. The molecule has 1 aliphatic rings. The Labute approximate surface area is 102 Å². The quantitative estimate of drug-likeness (QED) is 0.869. The maximum absolute atomic E-state index is 13.4. The number of halogens is 1. The van der Waals surface area contributed by atoms with Crippen LogP contribution in [0.2, 0.25) is 0 Å². The monoisotopic (exact) mass is 237 g/mol. The van der Waals surface area contributed by atoms with Crippen LogP contribution in [0.4, 0.5) is 4.39 Å². The average molecular weight is 237 g/mol. The minimum Gasteiger partial charge on any atom is -0.378 e. The van der Waals surface area contributed by atoms with E-state index in [1.807, 2.05) is 12.1 Å². The maximum atomic E-state index is 13.4. The van der Waals surface area contributed by atoms with E-state index in [4.69, 9.17) is 4.74 Å². The van der Waals surface area contributed by atoms with Crippen molar-refractivity contribution in [3.8, 4) is 0 Å². The van der Waals surface area contributed by atoms with Gasteiger partial charge in [0.1, 0.15) is 5.82 Å². The zero-order valence-electron chi connectivity index (χ0n) is 10.3. The Balaban J connectivity index is 1.74. The van der Waals surface area contributed by atoms with Crippen molar-refractivity contribution in [1.29, 1.82) is 0 Å². The molecule has 2 nitrogen and oxygen atoms in total. The van der Waals surface area contributed by atoms with Gasteiger partial charge in [-0.25, -0.2) is 4.39 Å². The van der Waals surface area contributed by atoms with E-state index in [-0.39, 0.29) is 5.82 Å². The van der Waals surface area contributed by atoms with E-state index in [2.05, 4.69) is 12.2 Å². The molecule has 0 saturated carbocycles. The van der Waals surface area contributed by atoms with Crippen LogP contribution in [0.25, 0.3) is 0 Å². The van der Waals surface area contributed by atoms with Gasteiger partial charge in [-0.2, -0.15) is 0 Å². The fourth-order valence-electron chi connectivity index (χ4n) is 2.30. The number of rotatable bonds is 4. The molecular weight excluding hydrogens is 217 g/mol. The Morgan fingerprint density at radius 3 is 3.00 bits per heavy atom. The topological polar surface area (TPSA) is 21.3 Å². The van der Waals surface area contributed by atoms with Crippen molar-refractivity contribution in [2.24, 2.45) is 0 Å². The van der Waals surface area contributed by atoms with E-state index < -0.39 is 0 Å². The predicted molar refractivity (Wildman–Crippen MR) is 66.5 cm³/mol. The van der Waals surface area contributed by atoms with E-state index in [9.17, 15) is 4.39 Å². The summed E-state index contributed by atoms with van der Waals surface area (Å²) in [6.45, 7) is 3.77. The smallest absolute Gasteiger partial charge is 0.126 e. The summed E-state index contributed by atoms with van der Waals surface area (Å²) < 4.78 is 18.9. The fraction of sp³-hybridized carbons (Fsp3) is 0.571. The number of benzene rings is 1. The Bertz CT molecular complexity index is 356. The van der Waals surface area contributed by atoms with Gasteiger partial charge >= 0.3 is 0 Å². The molecule has 2 unspecified atom stereocenters. The van der Waals surface area contributed by atoms with Crippen molar-refractivity contribution in [3.63, 3.8) is 0 Å². The van der Waals surface area contributed by atoms with E-state index in [0.29, 0.717) is 12.1 Å². The Morgan fingerprint density at radius 2 is 2.24 bits per heavy atom. The van der Waals surface area contributed by atoms with Crippen molar-refractivity contribution in [1.82, 2.24) is 5.32 Å². The first kappa shape index (κ1) is 12.5. The summed E-state index contributed by atoms with van der Waals surface area (Å²) in [5.74, 6) is -0.102. The molecule has 1 heterocycles. The van der Waals surface area contributed by atoms with Crippen molar-refractivity contribution in [3.05, 3.63) is 35.6 Å². The number of nitrogens with one attached hydrogen (secondary N) is 1. The number of ether oxygens (including phenoxy) is 1. The maximum Gasteiger partial charge on any atom is 0.126 e. The molecule has 1 aromatic carbocycles. The van der Waals surface area contributed by atoms with Gasteiger partial charge in [0.15, 0.2) is 0 Å². The average Bonchev–Trinajstić information content (AvgIpc) is 2.32. The van der Waals surface area contributed by atoms with E-state index in [0.717, 1.165) is 38.0 Å². The van der Waals surface area contributed by atoms with Crippen LogP contribution in [0, 0.1) is 5.82 Å². The minimum atomic E-state index is -0.102. The molecule has 2 atom stereocenters. The second kappa shape index (κ2) is 6.12. The molecule has 1 fully saturated rings. The second-order valence-corrected chi connectivity index (χ2v) is 4.70. The molecule has 1 aliphatic heterocycles. The molecular formula is C14H20FNO. The highest BCUT2D eigenvalue weighted by Crippen LogP contribution is 2.13. The second-order valence-electron chi connectivity index (χ2n) is 4.70. The van der Waals surface area contributed by atoms with Crippen molar-refractivity contribution in [2.45, 2.75) is 38.3 Å². The van der Waals surface area contributed by atoms with Crippen LogP contribution in [-0.2, 0) is 11.2 Å². The lowest BCUT2D eigenvalue weighted by Gasteiger charge is -2.28. The molecule has 1 saturated heterocycles. The third kappa shape index (κ3) is 3.79. The number of hydrogen-bond donors (Lipinski definition) is 1. The van der Waals surface area contributed by atoms with Crippen LogP contribution < -0.4 is 5.32 Å². The third-order valence-corrected chi connectivity index (χ3v) is 3.27. The van der Waals surface area contributed by atoms with Gasteiger partial charge in [-0.05, 0) is 44.4 Å². The zero-order valence-corrected chi connectivity index (χ0v) is 10.3. The molecule has 0 aromatic heterocycles. The standard InChI is InChI=1S/C14H20FNO/c1-11-10-13(7-9-17-11)16-8-6-12-4-2-3-5-14(12)15/h2-5,11,13,16H,6-10H2,1H3. The Hall–Kier alpha value is -0.930. The molecule has 0 bridgehead atoms. The van der Waals surface area contributed by atoms with Crippen LogP contribution >= 0.6 is 0 Å². The SMILES string of the molecule is CC1CC(NCCc2ccccc2F)CCO1. The van der Waals surface area contributed by atoms with Crippen LogP contribution in [0.5, 0.6) is 0 Å². The lowest BCUT2D eigenvalue weighted by Crippen LogP contribution is -2.38. The molecule has 0 spiro atoms. The van der Waals surface area contributed by atoms with Crippen LogP contribution in [-0.4, -0.2) is 25.3 Å². The summed E-state index contributed by atoms with van der Waals surface area (Å²) in [5.41, 5.74) is 0.792. The molecule has 1 N–H and O–H groups in total. The van der Waals surface area contributed by atoms with Crippen molar-refractivity contribution < 1.29 is 9.13 Å². The molecule has 1 aromatic rings. The highest BCUT2D eigenvalue weighted by molar-refractivity contribution is 5.17. The summed E-state index contributed by atoms with van der Waals surface area (Å²) in [6, 6.07) is 7.50. The van der Waals surface area contributed by atoms with Crippen LogP contribution in [0.1, 0.15) is 25.3 Å². The lowest BCUT2D eigenvalue weighted by molar-refractivity contribution is 0.0135. The largest absolute Gasteiger partial charge is 0.378 e. The Morgan fingerprint density at radius 1 is 1.41 bits per heavy atom. The third-order valence-electron chi connectivity index (χ3n) is 3.27. The van der Waals surface area contributed by atoms with E-state index >= 15 is 0 Å². The first-order valence-electron chi connectivity index (χ1n) is 6.34. The fourth-order valence-corrected chi connectivity index (χ4v) is 2.30. The molecule has 2 rings (SSSR count). The number of hydrogen-bond acceptors (Lipinski definition) is 2. The first-order valence-corrected chi connectivity index (χ1v) is 6.34. The molecule has 17 heavy (non-hydrogen) atoms. The summed E-state index contributed by atoms with van der Waals surface area (Å²) >= 11 is 0. The van der Waals surface area contributed by atoms with Gasteiger partial charge in [0.25, 0.3) is 0 Å². The zero-order chi connectivity index (χ0) is 12.1. The lowest BCUT2D eigenvalue weighted by atomic mass is 10.0. The van der Waals surface area contributed by atoms with Gasteiger partial charge in [0.05, 0.1) is 6.10 Å². The summed E-state index contributed by atoms with van der Waals surface area (Å²) in [6.07, 6.45) is 3.20. The van der Waals surface area contributed by atoms with Crippen LogP contribution in [0.15, 0.2) is 24.3 Å². The van der Waals surface area contributed by atoms with Crippen LogP contribution in [0.3, 0.4) is 0 Å². The van der Waals surface area contributed by atoms with Crippen molar-refractivity contribution >= 4 is 0 Å². The van der Waals surface area contributed by atoms with Gasteiger partial charge in [-0.15, -0.1) is 0 Å². The molecule has 94 valence electrons. The summed E-state index contributed by atoms with van der Waals surface area (Å²) in [4.78, 5) is 0. The highest BCUT2D eigenvalue weighted by atomic mass is 19.1. The molecule has 0 amide bonds. The normalized spacial score (nSPS) is 24.8. The summed E-state index contributed by atoms with van der Waals surface area (Å²) in [5, 5.41) is 3.48. The summed E-state index contributed by atoms with van der Waals surface area (Å²) in [7, 11) is 0. The molecule has 3 heteroatoms. The van der Waals surface area contributed by atoms with Crippen molar-refractivity contribution in [2.75, 3.05) is 13.2 Å². The van der Waals surface area contributed by atoms with Gasteiger partial charge in [-0.3, -0.25) is 0 Å². The molecule has 0 radical (unpaired) electrons. The van der Waals surface area contributed by atoms with E-state index in [1.165, 1.54) is 6.07 Å². The highest BCUT2D eigenvalue weighted by Gasteiger charge is 2.18. The van der Waals surface area contributed by atoms with Gasteiger partial charge in [-0.1, -0.05) is 18.2 Å². The Kier molecular flexibility index (Phi) is 4.51. The van der Waals surface area contributed by atoms with Gasteiger partial charge < -0.3 is 10.1 Å². The van der Waals surface area contributed by atoms with Gasteiger partial charge in [0, 0.05) is 12.6 Å². The van der Waals surface area contributed by atoms with Gasteiger partial charge in [0.2, 0.25) is 0 Å². The first-order chi connectivity index (χ1) is 8.25. The predicted octanol–water partition coefficient (Wildman–Crippen LogP) is 2.53. The van der Waals surface area contributed by atoms with E-state index in [1.54, 1.807) is 6.07 Å².